The third kappa shape index (κ3) is 2.46. The van der Waals surface area contributed by atoms with Crippen molar-refractivity contribution in [3.05, 3.63) is 53.5 Å². The van der Waals surface area contributed by atoms with Crippen LogP contribution in [0.25, 0.3) is 0 Å². The first-order chi connectivity index (χ1) is 9.78. The van der Waals surface area contributed by atoms with Crippen molar-refractivity contribution >= 4 is 5.69 Å². The Morgan fingerprint density at radius 3 is 3.00 bits per heavy atom. The van der Waals surface area contributed by atoms with Crippen LogP contribution in [0, 0.1) is 5.82 Å². The molecule has 20 heavy (non-hydrogen) atoms. The van der Waals surface area contributed by atoms with E-state index in [4.69, 9.17) is 4.74 Å². The molecule has 1 aromatic carbocycles. The number of hydrogen-bond acceptors (Lipinski definition) is 3. The van der Waals surface area contributed by atoms with Gasteiger partial charge in [-0.1, -0.05) is 12.1 Å². The molecule has 0 radical (unpaired) electrons. The number of ether oxygens (including phenoxy) is 1. The molecule has 1 aliphatic carbocycles. The fourth-order valence-corrected chi connectivity index (χ4v) is 2.66. The number of pyridine rings is 1. The van der Waals surface area contributed by atoms with Gasteiger partial charge in [0.25, 0.3) is 0 Å². The quantitative estimate of drug-likeness (QED) is 0.921. The number of nitrogens with one attached hydrogen (secondary N) is 1. The third-order valence-corrected chi connectivity index (χ3v) is 3.58. The minimum Gasteiger partial charge on any atom is -0.478 e. The van der Waals surface area contributed by atoms with Gasteiger partial charge in [0.15, 0.2) is 0 Å². The summed E-state index contributed by atoms with van der Waals surface area (Å²) < 4.78 is 19.0. The van der Waals surface area contributed by atoms with Gasteiger partial charge in [0.1, 0.15) is 5.82 Å². The lowest BCUT2D eigenvalue weighted by atomic mass is 10.1. The number of hydrogen-bond donors (Lipinski definition) is 1. The molecule has 2 aromatic rings. The predicted molar refractivity (Wildman–Crippen MR) is 76.5 cm³/mol. The Morgan fingerprint density at radius 1 is 1.35 bits per heavy atom. The van der Waals surface area contributed by atoms with Crippen molar-refractivity contribution in [1.29, 1.82) is 0 Å². The topological polar surface area (TPSA) is 34.1 Å². The molecule has 0 amide bonds. The number of rotatable bonds is 4. The summed E-state index contributed by atoms with van der Waals surface area (Å²) in [4.78, 5) is 4.23. The summed E-state index contributed by atoms with van der Waals surface area (Å²) in [5, 5.41) is 3.41. The Morgan fingerprint density at radius 2 is 2.25 bits per heavy atom. The molecule has 3 rings (SSSR count). The molecule has 104 valence electrons. The third-order valence-electron chi connectivity index (χ3n) is 3.58. The van der Waals surface area contributed by atoms with E-state index >= 15 is 0 Å². The highest BCUT2D eigenvalue weighted by atomic mass is 19.1. The minimum atomic E-state index is -0.100. The van der Waals surface area contributed by atoms with E-state index in [-0.39, 0.29) is 11.9 Å². The molecule has 0 bridgehead atoms. The molecule has 3 nitrogen and oxygen atoms in total. The van der Waals surface area contributed by atoms with Crippen molar-refractivity contribution in [2.75, 3.05) is 11.9 Å². The Labute approximate surface area is 117 Å². The summed E-state index contributed by atoms with van der Waals surface area (Å²) in [6.07, 6.45) is 3.44. The first-order valence-electron chi connectivity index (χ1n) is 6.90. The van der Waals surface area contributed by atoms with Crippen molar-refractivity contribution in [2.45, 2.75) is 25.8 Å². The summed E-state index contributed by atoms with van der Waals surface area (Å²) in [6.45, 7) is 2.53. The Hall–Kier alpha value is -2.10. The van der Waals surface area contributed by atoms with Gasteiger partial charge in [0.2, 0.25) is 5.88 Å². The van der Waals surface area contributed by atoms with Crippen LogP contribution in [0.5, 0.6) is 5.88 Å². The van der Waals surface area contributed by atoms with Crippen LogP contribution in [0.15, 0.2) is 36.5 Å². The maximum atomic E-state index is 13.7. The van der Waals surface area contributed by atoms with Gasteiger partial charge in [-0.05, 0) is 43.0 Å². The van der Waals surface area contributed by atoms with Gasteiger partial charge in [-0.15, -0.1) is 0 Å². The SMILES string of the molecule is CCOc1ccc(NC2CCc3c(F)cccc32)cn1. The summed E-state index contributed by atoms with van der Waals surface area (Å²) in [5.74, 6) is 0.521. The maximum absolute atomic E-state index is 13.7. The van der Waals surface area contributed by atoms with Gasteiger partial charge in [-0.25, -0.2) is 9.37 Å². The highest BCUT2D eigenvalue weighted by Gasteiger charge is 2.24. The van der Waals surface area contributed by atoms with E-state index in [2.05, 4.69) is 10.3 Å². The first kappa shape index (κ1) is 12.9. The van der Waals surface area contributed by atoms with Gasteiger partial charge in [0, 0.05) is 6.07 Å². The molecule has 1 aromatic heterocycles. The maximum Gasteiger partial charge on any atom is 0.213 e. The standard InChI is InChI=1S/C16H17FN2O/c1-2-20-16-9-6-11(10-18-16)19-15-8-7-12-13(15)4-3-5-14(12)17/h3-6,9-10,15,19H,2,7-8H2,1H3. The summed E-state index contributed by atoms with van der Waals surface area (Å²) in [5.41, 5.74) is 2.82. The van der Waals surface area contributed by atoms with Gasteiger partial charge in [-0.3, -0.25) is 0 Å². The molecule has 0 fully saturated rings. The lowest BCUT2D eigenvalue weighted by molar-refractivity contribution is 0.327. The fourth-order valence-electron chi connectivity index (χ4n) is 2.66. The van der Waals surface area contributed by atoms with E-state index in [0.717, 1.165) is 29.7 Å². The molecule has 1 heterocycles. The smallest absolute Gasteiger partial charge is 0.213 e. The fraction of sp³-hybridized carbons (Fsp3) is 0.312. The summed E-state index contributed by atoms with van der Waals surface area (Å²) in [6, 6.07) is 9.22. The van der Waals surface area contributed by atoms with E-state index < -0.39 is 0 Å². The highest BCUT2D eigenvalue weighted by Crippen LogP contribution is 2.35. The van der Waals surface area contributed by atoms with Crippen molar-refractivity contribution in [3.8, 4) is 5.88 Å². The normalized spacial score (nSPS) is 16.8. The van der Waals surface area contributed by atoms with Crippen LogP contribution < -0.4 is 10.1 Å². The number of benzene rings is 1. The minimum absolute atomic E-state index is 0.100. The Balaban J connectivity index is 1.75. The zero-order chi connectivity index (χ0) is 13.9. The average Bonchev–Trinajstić information content (AvgIpc) is 2.86. The largest absolute Gasteiger partial charge is 0.478 e. The molecule has 1 atom stereocenters. The van der Waals surface area contributed by atoms with Crippen LogP contribution in [0.4, 0.5) is 10.1 Å². The Bertz CT molecular complexity index is 598. The zero-order valence-corrected chi connectivity index (χ0v) is 11.4. The van der Waals surface area contributed by atoms with Gasteiger partial charge in [0.05, 0.1) is 24.5 Å². The van der Waals surface area contributed by atoms with E-state index in [1.165, 1.54) is 6.07 Å². The molecule has 0 spiro atoms. The molecular weight excluding hydrogens is 255 g/mol. The van der Waals surface area contributed by atoms with Gasteiger partial charge < -0.3 is 10.1 Å². The molecule has 1 aliphatic rings. The van der Waals surface area contributed by atoms with Crippen LogP contribution in [0.1, 0.15) is 30.5 Å². The first-order valence-corrected chi connectivity index (χ1v) is 6.90. The van der Waals surface area contributed by atoms with Crippen molar-refractivity contribution in [1.82, 2.24) is 4.98 Å². The van der Waals surface area contributed by atoms with Gasteiger partial charge in [-0.2, -0.15) is 0 Å². The zero-order valence-electron chi connectivity index (χ0n) is 11.4. The average molecular weight is 272 g/mol. The lowest BCUT2D eigenvalue weighted by Gasteiger charge is -2.15. The molecule has 0 aliphatic heterocycles. The summed E-state index contributed by atoms with van der Waals surface area (Å²) in [7, 11) is 0. The van der Waals surface area contributed by atoms with Crippen LogP contribution in [0.3, 0.4) is 0 Å². The van der Waals surface area contributed by atoms with Crippen molar-refractivity contribution in [2.24, 2.45) is 0 Å². The van der Waals surface area contributed by atoms with E-state index in [0.29, 0.717) is 12.5 Å². The Kier molecular flexibility index (Phi) is 3.54. The predicted octanol–water partition coefficient (Wildman–Crippen LogP) is 3.72. The van der Waals surface area contributed by atoms with E-state index in [1.54, 1.807) is 12.3 Å². The van der Waals surface area contributed by atoms with E-state index in [1.807, 2.05) is 25.1 Å². The van der Waals surface area contributed by atoms with Crippen LogP contribution in [-0.2, 0) is 6.42 Å². The van der Waals surface area contributed by atoms with E-state index in [9.17, 15) is 4.39 Å². The molecular formula is C16H17FN2O. The molecule has 1 N–H and O–H groups in total. The van der Waals surface area contributed by atoms with Crippen molar-refractivity contribution in [3.63, 3.8) is 0 Å². The molecule has 0 saturated carbocycles. The molecule has 0 saturated heterocycles. The number of halogens is 1. The number of anilines is 1. The number of nitrogens with zero attached hydrogens (tertiary/aromatic N) is 1. The number of aromatic nitrogens is 1. The van der Waals surface area contributed by atoms with Crippen LogP contribution in [-0.4, -0.2) is 11.6 Å². The molecule has 4 heteroatoms. The molecule has 1 unspecified atom stereocenters. The second-order valence-electron chi connectivity index (χ2n) is 4.86. The lowest BCUT2D eigenvalue weighted by Crippen LogP contribution is -2.07. The van der Waals surface area contributed by atoms with Crippen molar-refractivity contribution < 1.29 is 9.13 Å². The highest BCUT2D eigenvalue weighted by molar-refractivity contribution is 5.47. The number of fused-ring (bicyclic) bond motifs is 1. The van der Waals surface area contributed by atoms with Crippen LogP contribution >= 0.6 is 0 Å². The monoisotopic (exact) mass is 272 g/mol. The van der Waals surface area contributed by atoms with Crippen LogP contribution in [0.2, 0.25) is 0 Å². The summed E-state index contributed by atoms with van der Waals surface area (Å²) >= 11 is 0. The van der Waals surface area contributed by atoms with Gasteiger partial charge >= 0.3 is 0 Å². The second-order valence-corrected chi connectivity index (χ2v) is 4.86. The second kappa shape index (κ2) is 5.49.